The second-order valence-electron chi connectivity index (χ2n) is 5.95. The number of methoxy groups -OCH3 is 1. The maximum absolute atomic E-state index is 12.1. The van der Waals surface area contributed by atoms with Crippen LogP contribution in [0.25, 0.3) is 0 Å². The van der Waals surface area contributed by atoms with E-state index in [2.05, 4.69) is 10.3 Å². The average molecular weight is 329 g/mol. The van der Waals surface area contributed by atoms with Crippen LogP contribution in [0.3, 0.4) is 0 Å². The Hall–Kier alpha value is -2.34. The zero-order chi connectivity index (χ0) is 16.8. The first-order chi connectivity index (χ1) is 11.7. The Morgan fingerprint density at radius 3 is 2.96 bits per heavy atom. The lowest BCUT2D eigenvalue weighted by Gasteiger charge is -2.11. The Morgan fingerprint density at radius 1 is 1.42 bits per heavy atom. The summed E-state index contributed by atoms with van der Waals surface area (Å²) in [4.78, 5) is 16.4. The van der Waals surface area contributed by atoms with E-state index in [-0.39, 0.29) is 12.0 Å². The number of ether oxygens (including phenoxy) is 2. The summed E-state index contributed by atoms with van der Waals surface area (Å²) in [5.74, 6) is 1.38. The van der Waals surface area contributed by atoms with Gasteiger partial charge in [0.25, 0.3) is 0 Å². The average Bonchev–Trinajstić information content (AvgIpc) is 3.26. The Kier molecular flexibility index (Phi) is 5.48. The van der Waals surface area contributed by atoms with Gasteiger partial charge in [0.1, 0.15) is 5.75 Å². The minimum Gasteiger partial charge on any atom is -0.497 e. The van der Waals surface area contributed by atoms with Gasteiger partial charge in [-0.2, -0.15) is 0 Å². The van der Waals surface area contributed by atoms with E-state index in [9.17, 15) is 4.79 Å². The quantitative estimate of drug-likeness (QED) is 0.848. The fraction of sp³-hybridized carbons (Fsp3) is 0.444. The van der Waals surface area contributed by atoms with Gasteiger partial charge >= 0.3 is 0 Å². The van der Waals surface area contributed by atoms with Gasteiger partial charge in [-0.25, -0.2) is 4.98 Å². The van der Waals surface area contributed by atoms with E-state index in [0.29, 0.717) is 18.9 Å². The third-order valence-corrected chi connectivity index (χ3v) is 4.20. The number of nitrogens with one attached hydrogen (secondary N) is 1. The monoisotopic (exact) mass is 329 g/mol. The Balaban J connectivity index is 1.54. The highest BCUT2D eigenvalue weighted by Gasteiger charge is 2.17. The number of anilines is 1. The summed E-state index contributed by atoms with van der Waals surface area (Å²) in [5, 5.41) is 2.89. The van der Waals surface area contributed by atoms with Crippen LogP contribution in [0.1, 0.15) is 31.2 Å². The summed E-state index contributed by atoms with van der Waals surface area (Å²) >= 11 is 0. The minimum atomic E-state index is -0.0207. The molecule has 1 aliphatic heterocycles. The van der Waals surface area contributed by atoms with Crippen molar-refractivity contribution in [3.63, 3.8) is 0 Å². The lowest BCUT2D eigenvalue weighted by Crippen LogP contribution is -2.18. The van der Waals surface area contributed by atoms with Gasteiger partial charge in [0.05, 0.1) is 19.8 Å². The van der Waals surface area contributed by atoms with Crippen molar-refractivity contribution >= 4 is 11.9 Å². The van der Waals surface area contributed by atoms with Gasteiger partial charge in [0.2, 0.25) is 11.9 Å². The summed E-state index contributed by atoms with van der Waals surface area (Å²) in [6, 6.07) is 7.85. The molecule has 0 saturated carbocycles. The predicted octanol–water partition coefficient (Wildman–Crippen LogP) is 2.84. The molecule has 1 amide bonds. The Bertz CT molecular complexity index is 660. The predicted molar refractivity (Wildman–Crippen MR) is 91.2 cm³/mol. The highest BCUT2D eigenvalue weighted by Crippen LogP contribution is 2.18. The highest BCUT2D eigenvalue weighted by molar-refractivity contribution is 5.89. The molecular weight excluding hydrogens is 306 g/mol. The summed E-state index contributed by atoms with van der Waals surface area (Å²) < 4.78 is 12.6. The van der Waals surface area contributed by atoms with Gasteiger partial charge in [-0.05, 0) is 37.0 Å². The number of benzene rings is 1. The van der Waals surface area contributed by atoms with Gasteiger partial charge in [-0.15, -0.1) is 0 Å². The molecule has 1 aromatic heterocycles. The summed E-state index contributed by atoms with van der Waals surface area (Å²) in [5.41, 5.74) is 1.11. The zero-order valence-electron chi connectivity index (χ0n) is 13.9. The molecule has 1 aromatic carbocycles. The Labute approximate surface area is 141 Å². The molecule has 2 aromatic rings. The molecular formula is C18H23N3O3. The van der Waals surface area contributed by atoms with Crippen molar-refractivity contribution in [3.05, 3.63) is 42.2 Å². The van der Waals surface area contributed by atoms with Crippen LogP contribution in [0, 0.1) is 0 Å². The van der Waals surface area contributed by atoms with E-state index in [4.69, 9.17) is 9.47 Å². The number of carbonyl (C=O) groups is 1. The van der Waals surface area contributed by atoms with Crippen LogP contribution < -0.4 is 10.1 Å². The first-order valence-corrected chi connectivity index (χ1v) is 8.30. The van der Waals surface area contributed by atoms with E-state index in [1.165, 1.54) is 0 Å². The van der Waals surface area contributed by atoms with Crippen LogP contribution in [-0.2, 0) is 16.1 Å². The van der Waals surface area contributed by atoms with Crippen molar-refractivity contribution in [1.29, 1.82) is 0 Å². The standard InChI is InChI=1S/C18H23N3O3/c1-23-15-6-4-14(5-7-15)13-21-11-10-19-18(21)20-17(22)9-8-16-3-2-12-24-16/h4-7,10-11,16H,2-3,8-9,12-13H2,1H3,(H,19,20,22)/t16-/m0/s1. The Morgan fingerprint density at radius 2 is 2.25 bits per heavy atom. The van der Waals surface area contributed by atoms with Crippen molar-refractivity contribution in [3.8, 4) is 5.75 Å². The van der Waals surface area contributed by atoms with Crippen LogP contribution >= 0.6 is 0 Å². The van der Waals surface area contributed by atoms with Gasteiger partial charge in [0.15, 0.2) is 0 Å². The number of hydrogen-bond donors (Lipinski definition) is 1. The number of hydrogen-bond acceptors (Lipinski definition) is 4. The maximum Gasteiger partial charge on any atom is 0.226 e. The van der Waals surface area contributed by atoms with Gasteiger partial charge in [-0.3, -0.25) is 10.1 Å². The number of imidazole rings is 1. The van der Waals surface area contributed by atoms with Crippen molar-refractivity contribution < 1.29 is 14.3 Å². The molecule has 0 radical (unpaired) electrons. The molecule has 128 valence electrons. The largest absolute Gasteiger partial charge is 0.497 e. The first kappa shape index (κ1) is 16.5. The lowest BCUT2D eigenvalue weighted by molar-refractivity contribution is -0.116. The topological polar surface area (TPSA) is 65.4 Å². The number of amides is 1. The van der Waals surface area contributed by atoms with Crippen LogP contribution in [0.4, 0.5) is 5.95 Å². The van der Waals surface area contributed by atoms with Crippen molar-refractivity contribution in [2.75, 3.05) is 19.0 Å². The molecule has 6 nitrogen and oxygen atoms in total. The third kappa shape index (κ3) is 4.35. The van der Waals surface area contributed by atoms with Gasteiger partial charge in [-0.1, -0.05) is 12.1 Å². The number of aromatic nitrogens is 2. The molecule has 2 heterocycles. The minimum absolute atomic E-state index is 0.0207. The normalized spacial score (nSPS) is 17.0. The third-order valence-electron chi connectivity index (χ3n) is 4.20. The van der Waals surface area contributed by atoms with Crippen molar-refractivity contribution in [2.45, 2.75) is 38.3 Å². The SMILES string of the molecule is COc1ccc(Cn2ccnc2NC(=O)CC[C@@H]2CCCO2)cc1. The summed E-state index contributed by atoms with van der Waals surface area (Å²) in [6.45, 7) is 1.46. The van der Waals surface area contributed by atoms with Crippen LogP contribution in [-0.4, -0.2) is 35.3 Å². The van der Waals surface area contributed by atoms with E-state index < -0.39 is 0 Å². The fourth-order valence-electron chi connectivity index (χ4n) is 2.84. The molecule has 3 rings (SSSR count). The van der Waals surface area contributed by atoms with Crippen molar-refractivity contribution in [1.82, 2.24) is 9.55 Å². The molecule has 0 unspecified atom stereocenters. The number of carbonyl (C=O) groups excluding carboxylic acids is 1. The molecule has 0 spiro atoms. The summed E-state index contributed by atoms with van der Waals surface area (Å²) in [6.07, 6.45) is 7.16. The smallest absolute Gasteiger partial charge is 0.226 e. The van der Waals surface area contributed by atoms with Crippen LogP contribution in [0.2, 0.25) is 0 Å². The van der Waals surface area contributed by atoms with E-state index in [0.717, 1.165) is 37.2 Å². The molecule has 6 heteroatoms. The second kappa shape index (κ2) is 7.97. The first-order valence-electron chi connectivity index (χ1n) is 8.30. The molecule has 1 aliphatic rings. The molecule has 1 fully saturated rings. The lowest BCUT2D eigenvalue weighted by atomic mass is 10.1. The van der Waals surface area contributed by atoms with Gasteiger partial charge in [0, 0.05) is 25.4 Å². The molecule has 1 N–H and O–H groups in total. The molecule has 0 aliphatic carbocycles. The molecule has 24 heavy (non-hydrogen) atoms. The van der Waals surface area contributed by atoms with Crippen LogP contribution in [0.15, 0.2) is 36.7 Å². The summed E-state index contributed by atoms with van der Waals surface area (Å²) in [7, 11) is 1.65. The molecule has 1 saturated heterocycles. The number of rotatable bonds is 7. The molecule has 1 atom stereocenters. The highest BCUT2D eigenvalue weighted by atomic mass is 16.5. The van der Waals surface area contributed by atoms with Gasteiger partial charge < -0.3 is 14.0 Å². The zero-order valence-corrected chi connectivity index (χ0v) is 13.9. The van der Waals surface area contributed by atoms with Crippen LogP contribution in [0.5, 0.6) is 5.75 Å². The fourth-order valence-corrected chi connectivity index (χ4v) is 2.84. The molecule has 0 bridgehead atoms. The van der Waals surface area contributed by atoms with Crippen molar-refractivity contribution in [2.24, 2.45) is 0 Å². The number of nitrogens with zero attached hydrogens (tertiary/aromatic N) is 2. The van der Waals surface area contributed by atoms with E-state index in [1.54, 1.807) is 13.3 Å². The maximum atomic E-state index is 12.1. The van der Waals surface area contributed by atoms with E-state index in [1.807, 2.05) is 35.0 Å². The second-order valence-corrected chi connectivity index (χ2v) is 5.95. The van der Waals surface area contributed by atoms with E-state index >= 15 is 0 Å².